The van der Waals surface area contributed by atoms with E-state index in [1.54, 1.807) is 6.08 Å². The van der Waals surface area contributed by atoms with Crippen LogP contribution in [0.4, 0.5) is 0 Å². The predicted octanol–water partition coefficient (Wildman–Crippen LogP) is 2.42. The van der Waals surface area contributed by atoms with Gasteiger partial charge < -0.3 is 0 Å². The van der Waals surface area contributed by atoms with Crippen LogP contribution in [0.25, 0.3) is 6.08 Å². The molecule has 0 spiro atoms. The molecule has 0 aromatic heterocycles. The van der Waals surface area contributed by atoms with Gasteiger partial charge in [-0.25, -0.2) is 0 Å². The summed E-state index contributed by atoms with van der Waals surface area (Å²) in [4.78, 5) is 0. The van der Waals surface area contributed by atoms with E-state index in [0.29, 0.717) is 0 Å². The second-order valence-electron chi connectivity index (χ2n) is 1.97. The predicted molar refractivity (Wildman–Crippen MR) is 45.6 cm³/mol. The van der Waals surface area contributed by atoms with Crippen molar-refractivity contribution >= 4 is 6.08 Å². The van der Waals surface area contributed by atoms with E-state index in [1.165, 1.54) is 0 Å². The van der Waals surface area contributed by atoms with Crippen LogP contribution in [0.5, 0.6) is 0 Å². The van der Waals surface area contributed by atoms with Crippen molar-refractivity contribution in [3.05, 3.63) is 42.0 Å². The summed E-state index contributed by atoms with van der Waals surface area (Å²) in [5.41, 5.74) is 2.00. The van der Waals surface area contributed by atoms with Crippen LogP contribution in [0.3, 0.4) is 0 Å². The van der Waals surface area contributed by atoms with E-state index in [4.69, 9.17) is 6.42 Å². The van der Waals surface area contributed by atoms with E-state index in [2.05, 4.69) is 12.5 Å². The van der Waals surface area contributed by atoms with Crippen LogP contribution in [0, 0.1) is 12.3 Å². The van der Waals surface area contributed by atoms with Gasteiger partial charge in [-0.2, -0.15) is 0 Å². The monoisotopic (exact) mass is 129 g/mol. The molecule has 1 rings (SSSR count). The van der Waals surface area contributed by atoms with Crippen molar-refractivity contribution in [2.24, 2.45) is 0 Å². The first kappa shape index (κ1) is 6.64. The molecule has 0 N–H and O–H groups in total. The van der Waals surface area contributed by atoms with E-state index in [0.717, 1.165) is 11.1 Å². The topological polar surface area (TPSA) is 0 Å². The highest BCUT2D eigenvalue weighted by Gasteiger charge is 1.84. The minimum atomic E-state index is 0. The summed E-state index contributed by atoms with van der Waals surface area (Å²) in [6.45, 7) is 3.63. The summed E-state index contributed by atoms with van der Waals surface area (Å²) in [7, 11) is 0. The van der Waals surface area contributed by atoms with Gasteiger partial charge >= 0.3 is 0 Å². The first-order valence-electron chi connectivity index (χ1n) is 3.06. The lowest BCUT2D eigenvalue weighted by Gasteiger charge is -1.91. The van der Waals surface area contributed by atoms with E-state index in [1.807, 2.05) is 24.3 Å². The van der Waals surface area contributed by atoms with Gasteiger partial charge in [0.25, 0.3) is 0 Å². The minimum absolute atomic E-state index is 0. The van der Waals surface area contributed by atoms with Gasteiger partial charge in [-0.3, -0.25) is 0 Å². The second kappa shape index (κ2) is 2.89. The Morgan fingerprint density at radius 1 is 1.40 bits per heavy atom. The Balaban J connectivity index is 0.000001000. The molecule has 0 nitrogen and oxygen atoms in total. The average Bonchev–Trinajstić information content (AvgIpc) is 2.05. The van der Waals surface area contributed by atoms with Gasteiger partial charge in [0, 0.05) is 6.99 Å². The summed E-state index contributed by atoms with van der Waals surface area (Å²) in [6, 6.07) is 7.69. The molecule has 49 valence electrons. The molecule has 0 aliphatic carbocycles. The lowest BCUT2D eigenvalue weighted by Crippen LogP contribution is -1.73. The van der Waals surface area contributed by atoms with Crippen LogP contribution in [0.15, 0.2) is 30.8 Å². The maximum absolute atomic E-state index is 5.17. The summed E-state index contributed by atoms with van der Waals surface area (Å²) >= 11 is 0. The Morgan fingerprint density at radius 2 is 2.00 bits per heavy atom. The maximum Gasteiger partial charge on any atom is 0.0243 e. The van der Waals surface area contributed by atoms with Gasteiger partial charge in [0.05, 0.1) is 0 Å². The highest BCUT2D eigenvalue weighted by molar-refractivity contribution is 5.49. The van der Waals surface area contributed by atoms with Crippen molar-refractivity contribution in [2.45, 2.75) is 0 Å². The van der Waals surface area contributed by atoms with Crippen LogP contribution in [-0.4, -0.2) is 0 Å². The van der Waals surface area contributed by atoms with Crippen molar-refractivity contribution in [2.75, 3.05) is 0 Å². The molecule has 0 heteroatoms. The SMILES string of the molecule is C#Cc1ccc(C=C)cc1.[H]. The van der Waals surface area contributed by atoms with E-state index in [-0.39, 0.29) is 1.43 Å². The molecule has 0 saturated carbocycles. The van der Waals surface area contributed by atoms with Crippen molar-refractivity contribution in [1.82, 2.24) is 0 Å². The largest absolute Gasteiger partial charge is 0.115 e. The molecular formula is C10H9. The van der Waals surface area contributed by atoms with Crippen LogP contribution in [-0.2, 0) is 0 Å². The van der Waals surface area contributed by atoms with Gasteiger partial charge in [-0.15, -0.1) is 6.42 Å². The molecular weight excluding hydrogens is 120 g/mol. The number of terminal acetylenes is 1. The summed E-state index contributed by atoms with van der Waals surface area (Å²) < 4.78 is 0. The molecule has 0 heterocycles. The van der Waals surface area contributed by atoms with E-state index in [9.17, 15) is 0 Å². The Hall–Kier alpha value is -1.48. The molecule has 0 aliphatic heterocycles. The second-order valence-corrected chi connectivity index (χ2v) is 1.97. The highest BCUT2D eigenvalue weighted by atomic mass is 13.9. The van der Waals surface area contributed by atoms with Crippen molar-refractivity contribution < 1.29 is 1.43 Å². The van der Waals surface area contributed by atoms with E-state index < -0.39 is 0 Å². The van der Waals surface area contributed by atoms with Gasteiger partial charge in [-0.05, 0) is 17.7 Å². The normalized spacial score (nSPS) is 8.30. The lowest BCUT2D eigenvalue weighted by atomic mass is 10.1. The Morgan fingerprint density at radius 3 is 2.40 bits per heavy atom. The number of rotatable bonds is 1. The minimum Gasteiger partial charge on any atom is -0.115 e. The van der Waals surface area contributed by atoms with Crippen molar-refractivity contribution in [1.29, 1.82) is 0 Å². The Bertz CT molecular complexity index is 264. The van der Waals surface area contributed by atoms with Gasteiger partial charge in [0.15, 0.2) is 0 Å². The molecule has 1 aromatic carbocycles. The first-order valence-corrected chi connectivity index (χ1v) is 3.06. The average molecular weight is 129 g/mol. The fourth-order valence-electron chi connectivity index (χ4n) is 0.715. The summed E-state index contributed by atoms with van der Waals surface area (Å²) in [5.74, 6) is 2.54. The van der Waals surface area contributed by atoms with Crippen LogP contribution < -0.4 is 0 Å². The van der Waals surface area contributed by atoms with Crippen molar-refractivity contribution in [3.8, 4) is 12.3 Å². The number of hydrogen-bond acceptors (Lipinski definition) is 0. The van der Waals surface area contributed by atoms with Crippen LogP contribution in [0.2, 0.25) is 0 Å². The quantitative estimate of drug-likeness (QED) is 0.511. The molecule has 0 atom stereocenters. The third-order valence-electron chi connectivity index (χ3n) is 1.31. The molecule has 0 bridgehead atoms. The first-order chi connectivity index (χ1) is 4.86. The lowest BCUT2D eigenvalue weighted by molar-refractivity contribution is 1.62. The standard InChI is InChI=1S/C10H8.H/c1-3-9-5-7-10(4-2)8-6-9;/h1,4-8H,2H2;. The van der Waals surface area contributed by atoms with Gasteiger partial charge in [0.1, 0.15) is 0 Å². The van der Waals surface area contributed by atoms with E-state index >= 15 is 0 Å². The van der Waals surface area contributed by atoms with Gasteiger partial charge in [-0.1, -0.05) is 30.7 Å². The Kier molecular flexibility index (Phi) is 1.92. The number of hydrogen-bond donors (Lipinski definition) is 0. The van der Waals surface area contributed by atoms with Crippen molar-refractivity contribution in [3.63, 3.8) is 0 Å². The fraction of sp³-hybridized carbons (Fsp3) is 0. The summed E-state index contributed by atoms with van der Waals surface area (Å²) in [6.07, 6.45) is 6.96. The maximum atomic E-state index is 5.17. The molecule has 0 fully saturated rings. The zero-order chi connectivity index (χ0) is 7.40. The molecule has 10 heavy (non-hydrogen) atoms. The molecule has 0 amide bonds. The highest BCUT2D eigenvalue weighted by Crippen LogP contribution is 2.03. The van der Waals surface area contributed by atoms with Crippen LogP contribution >= 0.6 is 0 Å². The molecule has 1 radical (unpaired) electrons. The zero-order valence-electron chi connectivity index (χ0n) is 6.67. The zero-order valence-corrected chi connectivity index (χ0v) is 5.67. The summed E-state index contributed by atoms with van der Waals surface area (Å²) in [5, 5.41) is 0. The van der Waals surface area contributed by atoms with Crippen LogP contribution in [0.1, 0.15) is 12.6 Å². The third kappa shape index (κ3) is 1.27. The third-order valence-corrected chi connectivity index (χ3v) is 1.31. The number of benzene rings is 1. The molecule has 0 unspecified atom stereocenters. The van der Waals surface area contributed by atoms with Gasteiger partial charge in [0.2, 0.25) is 0 Å². The smallest absolute Gasteiger partial charge is 0.0243 e. The molecule has 0 aliphatic rings. The molecule has 1 aromatic rings. The Labute approximate surface area is 62.7 Å². The fourth-order valence-corrected chi connectivity index (χ4v) is 0.715. The molecule has 0 saturated heterocycles.